The van der Waals surface area contributed by atoms with Gasteiger partial charge in [0.1, 0.15) is 11.9 Å². The number of hydrogen-bond acceptors (Lipinski definition) is 6. The molecule has 1 fully saturated rings. The van der Waals surface area contributed by atoms with E-state index in [1.807, 2.05) is 6.92 Å². The molecule has 0 radical (unpaired) electrons. The highest BCUT2D eigenvalue weighted by atomic mass is 35.5. The number of fused-ring (bicyclic) bond motifs is 1. The van der Waals surface area contributed by atoms with Crippen LogP contribution < -0.4 is 10.1 Å². The average molecular weight is 606 g/mol. The van der Waals surface area contributed by atoms with Gasteiger partial charge in [-0.3, -0.25) is 9.59 Å². The van der Waals surface area contributed by atoms with Gasteiger partial charge in [0, 0.05) is 41.7 Å². The Labute approximate surface area is 247 Å². The van der Waals surface area contributed by atoms with Crippen LogP contribution in [0.4, 0.5) is 5.69 Å². The van der Waals surface area contributed by atoms with Crippen molar-refractivity contribution < 1.29 is 27.9 Å². The third-order valence-electron chi connectivity index (χ3n) is 8.12. The smallest absolute Gasteiger partial charge is 0.242 e. The first kappa shape index (κ1) is 31.3. The van der Waals surface area contributed by atoms with Crippen LogP contribution in [-0.4, -0.2) is 73.4 Å². The van der Waals surface area contributed by atoms with Crippen molar-refractivity contribution in [2.75, 3.05) is 32.1 Å². The van der Waals surface area contributed by atoms with Gasteiger partial charge in [-0.25, -0.2) is 8.42 Å². The number of rotatable bonds is 8. The maximum atomic E-state index is 13.5. The summed E-state index contributed by atoms with van der Waals surface area (Å²) in [6.45, 7) is 3.78. The summed E-state index contributed by atoms with van der Waals surface area (Å²) in [4.78, 5) is 28.1. The fourth-order valence-electron chi connectivity index (χ4n) is 5.47. The summed E-state index contributed by atoms with van der Waals surface area (Å²) < 4.78 is 34.4. The Kier molecular flexibility index (Phi) is 10.3. The third-order valence-corrected chi connectivity index (χ3v) is 10.2. The first-order valence-electron chi connectivity index (χ1n) is 14.2. The number of carbonyl (C=O) groups is 2. The molecule has 2 aromatic carbocycles. The summed E-state index contributed by atoms with van der Waals surface area (Å²) in [6, 6.07) is 10.8. The lowest BCUT2D eigenvalue weighted by Gasteiger charge is -2.33. The molecule has 1 aliphatic heterocycles. The van der Waals surface area contributed by atoms with E-state index in [0.29, 0.717) is 22.0 Å². The van der Waals surface area contributed by atoms with Crippen molar-refractivity contribution in [1.82, 2.24) is 9.21 Å². The minimum absolute atomic E-state index is 0.0175. The van der Waals surface area contributed by atoms with Crippen LogP contribution >= 0.6 is 11.6 Å². The van der Waals surface area contributed by atoms with Gasteiger partial charge in [-0.05, 0) is 62.2 Å². The van der Waals surface area contributed by atoms with Crippen LogP contribution in [0.3, 0.4) is 0 Å². The molecule has 224 valence electrons. The number of amides is 2. The van der Waals surface area contributed by atoms with E-state index >= 15 is 0 Å². The maximum Gasteiger partial charge on any atom is 0.242 e. The molecule has 0 bridgehead atoms. The Bertz CT molecular complexity index is 1330. The van der Waals surface area contributed by atoms with Crippen LogP contribution in [0.5, 0.6) is 5.75 Å². The van der Waals surface area contributed by atoms with Crippen LogP contribution in [0.1, 0.15) is 51.5 Å². The molecule has 0 aromatic heterocycles. The predicted molar refractivity (Wildman–Crippen MR) is 158 cm³/mol. The second-order valence-corrected chi connectivity index (χ2v) is 13.8. The molecule has 2 amide bonds. The largest absolute Gasteiger partial charge is 0.488 e. The van der Waals surface area contributed by atoms with E-state index in [1.54, 1.807) is 30.0 Å². The fourth-order valence-corrected chi connectivity index (χ4v) is 6.78. The second kappa shape index (κ2) is 13.5. The van der Waals surface area contributed by atoms with Crippen LogP contribution in [0, 0.1) is 11.8 Å². The summed E-state index contributed by atoms with van der Waals surface area (Å²) in [5.74, 6) is -0.0250. The van der Waals surface area contributed by atoms with Gasteiger partial charge in [-0.15, -0.1) is 0 Å². The van der Waals surface area contributed by atoms with Crippen LogP contribution in [-0.2, 0) is 26.0 Å². The number of likely N-dealkylation sites (N-methyl/N-ethyl adjacent to an activating group) is 1. The highest BCUT2D eigenvalue weighted by Crippen LogP contribution is 2.31. The summed E-state index contributed by atoms with van der Waals surface area (Å²) >= 11 is 5.95. The number of aliphatic hydroxyl groups is 1. The molecule has 4 rings (SSSR count). The lowest BCUT2D eigenvalue weighted by Crippen LogP contribution is -2.48. The van der Waals surface area contributed by atoms with Crippen LogP contribution in [0.2, 0.25) is 5.02 Å². The number of hydrogen-bond donors (Lipinski definition) is 2. The minimum Gasteiger partial charge on any atom is -0.488 e. The van der Waals surface area contributed by atoms with Crippen molar-refractivity contribution >= 4 is 39.1 Å². The molecule has 1 saturated carbocycles. The molecule has 0 saturated heterocycles. The first-order valence-corrected chi connectivity index (χ1v) is 16.0. The lowest BCUT2D eigenvalue weighted by atomic mass is 9.88. The normalized spacial score (nSPS) is 21.3. The van der Waals surface area contributed by atoms with Gasteiger partial charge in [-0.1, -0.05) is 37.8 Å². The summed E-state index contributed by atoms with van der Waals surface area (Å²) in [5.41, 5.74) is 1.18. The highest BCUT2D eigenvalue weighted by molar-refractivity contribution is 7.89. The Morgan fingerprint density at radius 3 is 2.51 bits per heavy atom. The molecule has 1 aliphatic carbocycles. The number of aliphatic hydroxyl groups excluding tert-OH is 1. The number of ether oxygens (including phenoxy) is 1. The molecule has 2 aliphatic rings. The molecule has 2 aromatic rings. The third kappa shape index (κ3) is 7.60. The lowest BCUT2D eigenvalue weighted by molar-refractivity contribution is -0.134. The van der Waals surface area contributed by atoms with Gasteiger partial charge in [0.05, 0.1) is 30.5 Å². The fraction of sp³-hybridized carbons (Fsp3) is 0.533. The Morgan fingerprint density at radius 1 is 1.17 bits per heavy atom. The molecule has 0 unspecified atom stereocenters. The molecular formula is C30H40ClN3O6S. The number of sulfonamides is 1. The molecule has 2 N–H and O–H groups in total. The number of halogens is 1. The van der Waals surface area contributed by atoms with Gasteiger partial charge in [0.2, 0.25) is 21.8 Å². The van der Waals surface area contributed by atoms with E-state index in [2.05, 4.69) is 5.32 Å². The number of anilines is 1. The zero-order valence-electron chi connectivity index (χ0n) is 23.9. The Balaban J connectivity index is 1.62. The van der Waals surface area contributed by atoms with E-state index < -0.39 is 22.2 Å². The van der Waals surface area contributed by atoms with Gasteiger partial charge in [-0.2, -0.15) is 4.31 Å². The van der Waals surface area contributed by atoms with Gasteiger partial charge < -0.3 is 20.1 Å². The predicted octanol–water partition coefficient (Wildman–Crippen LogP) is 4.33. The van der Waals surface area contributed by atoms with Gasteiger partial charge in [0.15, 0.2) is 0 Å². The topological polar surface area (TPSA) is 116 Å². The van der Waals surface area contributed by atoms with E-state index in [1.165, 1.54) is 35.6 Å². The van der Waals surface area contributed by atoms with Crippen molar-refractivity contribution in [2.45, 2.75) is 69.4 Å². The van der Waals surface area contributed by atoms with Crippen molar-refractivity contribution in [3.63, 3.8) is 0 Å². The van der Waals surface area contributed by atoms with Crippen molar-refractivity contribution in [3.05, 3.63) is 53.1 Å². The van der Waals surface area contributed by atoms with Crippen molar-refractivity contribution in [2.24, 2.45) is 11.8 Å². The number of nitrogens with one attached hydrogen (secondary N) is 1. The minimum atomic E-state index is -3.84. The Morgan fingerprint density at radius 2 is 1.85 bits per heavy atom. The summed E-state index contributed by atoms with van der Waals surface area (Å²) in [5, 5.41) is 13.3. The van der Waals surface area contributed by atoms with Crippen molar-refractivity contribution in [3.8, 4) is 5.75 Å². The number of carbonyl (C=O) groups excluding carboxylic acids is 2. The SMILES string of the molecule is C[C@H]1CN([C@@H](C)CO)C(=O)Cc2cc(NC(=O)C3CCCCC3)ccc2O[C@@H]1CN(C)S(=O)(=O)c1ccc(Cl)cc1. The second-order valence-electron chi connectivity index (χ2n) is 11.3. The van der Waals surface area contributed by atoms with E-state index in [9.17, 15) is 23.1 Å². The van der Waals surface area contributed by atoms with E-state index in [0.717, 1.165) is 32.1 Å². The van der Waals surface area contributed by atoms with E-state index in [-0.39, 0.29) is 54.7 Å². The molecule has 41 heavy (non-hydrogen) atoms. The molecule has 9 nitrogen and oxygen atoms in total. The maximum absolute atomic E-state index is 13.5. The average Bonchev–Trinajstić information content (AvgIpc) is 3.00. The zero-order valence-corrected chi connectivity index (χ0v) is 25.5. The highest BCUT2D eigenvalue weighted by Gasteiger charge is 2.33. The quantitative estimate of drug-likeness (QED) is 0.463. The summed E-state index contributed by atoms with van der Waals surface area (Å²) in [6.07, 6.45) is 4.40. The van der Waals surface area contributed by atoms with Crippen LogP contribution in [0.15, 0.2) is 47.4 Å². The summed E-state index contributed by atoms with van der Waals surface area (Å²) in [7, 11) is -2.34. The van der Waals surface area contributed by atoms with Crippen molar-refractivity contribution in [1.29, 1.82) is 0 Å². The van der Waals surface area contributed by atoms with Gasteiger partial charge in [0.25, 0.3) is 0 Å². The molecular weight excluding hydrogens is 566 g/mol. The number of nitrogens with zero attached hydrogens (tertiary/aromatic N) is 2. The molecule has 3 atom stereocenters. The standard InChI is InChI=1S/C30H40ClN3O6S/c1-20-17-34(21(2)19-35)29(36)16-23-15-25(32-30(37)22-7-5-4-6-8-22)11-14-27(23)40-28(20)18-33(3)41(38,39)26-12-9-24(31)10-13-26/h9-15,20-22,28,35H,4-8,16-19H2,1-3H3,(H,32,37)/t20-,21-,28+/m0/s1. The monoisotopic (exact) mass is 605 g/mol. The molecule has 11 heteroatoms. The van der Waals surface area contributed by atoms with E-state index in [4.69, 9.17) is 16.3 Å². The van der Waals surface area contributed by atoms with Gasteiger partial charge >= 0.3 is 0 Å². The Hall–Kier alpha value is -2.66. The number of benzene rings is 2. The zero-order chi connectivity index (χ0) is 29.7. The molecule has 1 heterocycles. The van der Waals surface area contributed by atoms with Crippen LogP contribution in [0.25, 0.3) is 0 Å². The molecule has 0 spiro atoms. The first-order chi connectivity index (χ1) is 19.5.